The van der Waals surface area contributed by atoms with Crippen molar-refractivity contribution >= 4 is 0 Å². The fourth-order valence-corrected chi connectivity index (χ4v) is 2.44. The van der Waals surface area contributed by atoms with Crippen LogP contribution in [0.5, 0.6) is 0 Å². The molecule has 2 heterocycles. The fourth-order valence-electron chi connectivity index (χ4n) is 2.44. The maximum atomic E-state index is 4.42. The number of piperidine rings is 1. The first-order valence-electron chi connectivity index (χ1n) is 6.51. The van der Waals surface area contributed by atoms with Gasteiger partial charge in [-0.05, 0) is 25.9 Å². The Morgan fingerprint density at radius 3 is 2.62 bits per heavy atom. The summed E-state index contributed by atoms with van der Waals surface area (Å²) in [5, 5.41) is 0. The molecule has 1 aliphatic rings. The van der Waals surface area contributed by atoms with Crippen LogP contribution in [0.15, 0.2) is 12.4 Å². The van der Waals surface area contributed by atoms with Crippen LogP contribution in [0.2, 0.25) is 0 Å². The SMILES string of the molecule is CC(C)c1nccn1CCN1CCCCC1. The van der Waals surface area contributed by atoms with Gasteiger partial charge in [0.2, 0.25) is 0 Å². The van der Waals surface area contributed by atoms with E-state index in [0.717, 1.165) is 6.54 Å². The normalized spacial score (nSPS) is 18.2. The van der Waals surface area contributed by atoms with Gasteiger partial charge in [0.15, 0.2) is 0 Å². The van der Waals surface area contributed by atoms with Gasteiger partial charge in [-0.25, -0.2) is 4.98 Å². The summed E-state index contributed by atoms with van der Waals surface area (Å²) in [5.74, 6) is 1.74. The van der Waals surface area contributed by atoms with Crippen molar-refractivity contribution < 1.29 is 0 Å². The third-order valence-electron chi connectivity index (χ3n) is 3.37. The molecule has 0 saturated carbocycles. The van der Waals surface area contributed by atoms with Crippen LogP contribution in [0, 0.1) is 0 Å². The lowest BCUT2D eigenvalue weighted by atomic mass is 10.1. The lowest BCUT2D eigenvalue weighted by Gasteiger charge is -2.26. The number of nitrogens with zero attached hydrogens (tertiary/aromatic N) is 3. The standard InChI is InChI=1S/C13H23N3/c1-12(2)13-14-6-9-16(13)11-10-15-7-4-3-5-8-15/h6,9,12H,3-5,7-8,10-11H2,1-2H3. The topological polar surface area (TPSA) is 21.1 Å². The van der Waals surface area contributed by atoms with Crippen molar-refractivity contribution in [3.8, 4) is 0 Å². The first-order valence-corrected chi connectivity index (χ1v) is 6.51. The Kier molecular flexibility index (Phi) is 3.99. The van der Waals surface area contributed by atoms with Gasteiger partial charge in [0.1, 0.15) is 5.82 Å². The molecule has 1 fully saturated rings. The van der Waals surface area contributed by atoms with Gasteiger partial charge < -0.3 is 9.47 Å². The van der Waals surface area contributed by atoms with Crippen molar-refractivity contribution in [3.63, 3.8) is 0 Å². The molecule has 1 aromatic heterocycles. The molecule has 0 radical (unpaired) electrons. The largest absolute Gasteiger partial charge is 0.333 e. The van der Waals surface area contributed by atoms with Crippen LogP contribution in [-0.4, -0.2) is 34.1 Å². The van der Waals surface area contributed by atoms with Crippen LogP contribution in [-0.2, 0) is 6.54 Å². The minimum Gasteiger partial charge on any atom is -0.333 e. The zero-order valence-electron chi connectivity index (χ0n) is 10.5. The van der Waals surface area contributed by atoms with Crippen LogP contribution in [0.25, 0.3) is 0 Å². The first-order chi connectivity index (χ1) is 7.77. The zero-order valence-corrected chi connectivity index (χ0v) is 10.5. The molecule has 1 saturated heterocycles. The average molecular weight is 221 g/mol. The van der Waals surface area contributed by atoms with Gasteiger partial charge >= 0.3 is 0 Å². The molecular weight excluding hydrogens is 198 g/mol. The van der Waals surface area contributed by atoms with E-state index in [1.54, 1.807) is 0 Å². The first kappa shape index (κ1) is 11.6. The molecule has 3 nitrogen and oxygen atoms in total. The second-order valence-corrected chi connectivity index (χ2v) is 5.04. The van der Waals surface area contributed by atoms with Gasteiger partial charge in [-0.15, -0.1) is 0 Å². The molecule has 0 bridgehead atoms. The molecule has 0 spiro atoms. The molecule has 16 heavy (non-hydrogen) atoms. The highest BCUT2D eigenvalue weighted by atomic mass is 15.2. The van der Waals surface area contributed by atoms with E-state index >= 15 is 0 Å². The van der Waals surface area contributed by atoms with E-state index in [1.165, 1.54) is 44.7 Å². The molecule has 1 aliphatic heterocycles. The Morgan fingerprint density at radius 2 is 1.94 bits per heavy atom. The average Bonchev–Trinajstić information content (AvgIpc) is 2.76. The number of likely N-dealkylation sites (tertiary alicyclic amines) is 1. The molecule has 1 aromatic rings. The number of aromatic nitrogens is 2. The molecule has 3 heteroatoms. The summed E-state index contributed by atoms with van der Waals surface area (Å²) in [5.41, 5.74) is 0. The van der Waals surface area contributed by atoms with E-state index in [4.69, 9.17) is 0 Å². The molecule has 0 unspecified atom stereocenters. The van der Waals surface area contributed by atoms with Crippen LogP contribution in [0.3, 0.4) is 0 Å². The smallest absolute Gasteiger partial charge is 0.111 e. The Morgan fingerprint density at radius 1 is 1.19 bits per heavy atom. The van der Waals surface area contributed by atoms with Gasteiger partial charge in [-0.2, -0.15) is 0 Å². The van der Waals surface area contributed by atoms with E-state index in [9.17, 15) is 0 Å². The number of hydrogen-bond donors (Lipinski definition) is 0. The number of rotatable bonds is 4. The van der Waals surface area contributed by atoms with Crippen LogP contribution >= 0.6 is 0 Å². The Labute approximate surface area is 98.5 Å². The highest BCUT2D eigenvalue weighted by molar-refractivity contribution is 4.97. The van der Waals surface area contributed by atoms with Gasteiger partial charge in [-0.1, -0.05) is 20.3 Å². The molecule has 0 aliphatic carbocycles. The summed E-state index contributed by atoms with van der Waals surface area (Å²) in [6.45, 7) is 9.25. The molecule has 0 atom stereocenters. The Bertz CT molecular complexity index is 311. The van der Waals surface area contributed by atoms with E-state index < -0.39 is 0 Å². The Hall–Kier alpha value is -0.830. The van der Waals surface area contributed by atoms with E-state index in [1.807, 2.05) is 6.20 Å². The predicted octanol–water partition coefficient (Wildman–Crippen LogP) is 2.49. The second kappa shape index (κ2) is 5.48. The van der Waals surface area contributed by atoms with Crippen molar-refractivity contribution in [2.24, 2.45) is 0 Å². The molecule has 0 amide bonds. The maximum absolute atomic E-state index is 4.42. The molecular formula is C13H23N3. The van der Waals surface area contributed by atoms with E-state index in [-0.39, 0.29) is 0 Å². The number of imidazole rings is 1. The zero-order chi connectivity index (χ0) is 11.4. The monoisotopic (exact) mass is 221 g/mol. The van der Waals surface area contributed by atoms with Crippen LogP contribution in [0.4, 0.5) is 0 Å². The lowest BCUT2D eigenvalue weighted by Crippen LogP contribution is -2.32. The van der Waals surface area contributed by atoms with Crippen molar-refractivity contribution in [1.29, 1.82) is 0 Å². The van der Waals surface area contributed by atoms with Gasteiger partial charge in [0.05, 0.1) is 0 Å². The van der Waals surface area contributed by atoms with E-state index in [0.29, 0.717) is 5.92 Å². The maximum Gasteiger partial charge on any atom is 0.111 e. The quantitative estimate of drug-likeness (QED) is 0.779. The van der Waals surface area contributed by atoms with Crippen LogP contribution in [0.1, 0.15) is 44.9 Å². The van der Waals surface area contributed by atoms with E-state index in [2.05, 4.69) is 34.5 Å². The van der Waals surface area contributed by atoms with Crippen LogP contribution < -0.4 is 0 Å². The Balaban J connectivity index is 1.86. The molecule has 0 aromatic carbocycles. The number of hydrogen-bond acceptors (Lipinski definition) is 2. The minimum atomic E-state index is 0.524. The lowest BCUT2D eigenvalue weighted by molar-refractivity contribution is 0.220. The second-order valence-electron chi connectivity index (χ2n) is 5.04. The third-order valence-corrected chi connectivity index (χ3v) is 3.37. The van der Waals surface area contributed by atoms with Gasteiger partial charge in [0.25, 0.3) is 0 Å². The highest BCUT2D eigenvalue weighted by Gasteiger charge is 2.11. The minimum absolute atomic E-state index is 0.524. The highest BCUT2D eigenvalue weighted by Crippen LogP contribution is 2.13. The van der Waals surface area contributed by atoms with Gasteiger partial charge in [-0.3, -0.25) is 0 Å². The summed E-state index contributed by atoms with van der Waals surface area (Å²) >= 11 is 0. The summed E-state index contributed by atoms with van der Waals surface area (Å²) in [4.78, 5) is 7.00. The summed E-state index contributed by atoms with van der Waals surface area (Å²) in [6, 6.07) is 0. The molecule has 90 valence electrons. The van der Waals surface area contributed by atoms with Gasteiger partial charge in [0, 0.05) is 31.4 Å². The van der Waals surface area contributed by atoms with Crippen molar-refractivity contribution in [2.75, 3.05) is 19.6 Å². The van der Waals surface area contributed by atoms with Crippen molar-refractivity contribution in [3.05, 3.63) is 18.2 Å². The van der Waals surface area contributed by atoms with Crippen molar-refractivity contribution in [2.45, 2.75) is 45.6 Å². The fraction of sp³-hybridized carbons (Fsp3) is 0.769. The molecule has 2 rings (SSSR count). The third kappa shape index (κ3) is 2.85. The predicted molar refractivity (Wildman–Crippen MR) is 66.6 cm³/mol. The van der Waals surface area contributed by atoms with Crippen molar-refractivity contribution in [1.82, 2.24) is 14.5 Å². The molecule has 0 N–H and O–H groups in total. The summed E-state index contributed by atoms with van der Waals surface area (Å²) < 4.78 is 2.30. The summed E-state index contributed by atoms with van der Waals surface area (Å²) in [7, 11) is 0. The summed E-state index contributed by atoms with van der Waals surface area (Å²) in [6.07, 6.45) is 8.20.